The van der Waals surface area contributed by atoms with E-state index in [2.05, 4.69) is 15.2 Å². The van der Waals surface area contributed by atoms with Crippen molar-refractivity contribution in [1.82, 2.24) is 4.98 Å². The molecule has 0 atom stereocenters. The lowest BCUT2D eigenvalue weighted by Gasteiger charge is -2.05. The van der Waals surface area contributed by atoms with E-state index in [0.29, 0.717) is 16.6 Å². The molecule has 0 saturated carbocycles. The summed E-state index contributed by atoms with van der Waals surface area (Å²) in [5, 5.41) is 18.4. The third-order valence-corrected chi connectivity index (χ3v) is 4.74. The van der Waals surface area contributed by atoms with Gasteiger partial charge in [-0.05, 0) is 29.3 Å². The second kappa shape index (κ2) is 9.57. The first-order valence-electron chi connectivity index (χ1n) is 8.52. The zero-order chi connectivity index (χ0) is 19.8. The summed E-state index contributed by atoms with van der Waals surface area (Å²) >= 11 is 1.40. The van der Waals surface area contributed by atoms with Crippen LogP contribution in [-0.2, 0) is 5.75 Å². The summed E-state index contributed by atoms with van der Waals surface area (Å²) in [4.78, 5) is 4.20. The third kappa shape index (κ3) is 5.34. The van der Waals surface area contributed by atoms with Crippen LogP contribution in [-0.4, -0.2) is 28.6 Å². The van der Waals surface area contributed by atoms with Crippen LogP contribution in [0.5, 0.6) is 11.6 Å². The van der Waals surface area contributed by atoms with Crippen LogP contribution in [0.2, 0.25) is 0 Å². The van der Waals surface area contributed by atoms with Crippen LogP contribution in [0.3, 0.4) is 0 Å². The van der Waals surface area contributed by atoms with E-state index in [1.54, 1.807) is 25.4 Å². The quantitative estimate of drug-likeness (QED) is 0.375. The topological polar surface area (TPSA) is 93.1 Å². The van der Waals surface area contributed by atoms with Crippen LogP contribution in [0.4, 0.5) is 0 Å². The van der Waals surface area contributed by atoms with Gasteiger partial charge in [0, 0.05) is 29.1 Å². The molecule has 0 aliphatic heterocycles. The van der Waals surface area contributed by atoms with Gasteiger partial charge in [-0.3, -0.25) is 0 Å². The number of rotatable bonds is 6. The van der Waals surface area contributed by atoms with Gasteiger partial charge in [0.1, 0.15) is 5.75 Å². The molecule has 6 nitrogen and oxygen atoms in total. The van der Waals surface area contributed by atoms with Gasteiger partial charge in [-0.15, -0.1) is 5.10 Å². The average molecular weight is 392 g/mol. The van der Waals surface area contributed by atoms with Crippen LogP contribution >= 0.6 is 11.8 Å². The van der Waals surface area contributed by atoms with Crippen molar-refractivity contribution in [2.75, 3.05) is 7.11 Å². The normalized spacial score (nSPS) is 11.7. The number of nitrogens with two attached hydrogens (primary N) is 1. The van der Waals surface area contributed by atoms with Gasteiger partial charge < -0.3 is 15.6 Å². The summed E-state index contributed by atoms with van der Waals surface area (Å²) in [7, 11) is 1.57. The lowest BCUT2D eigenvalue weighted by Crippen LogP contribution is -2.06. The summed E-state index contributed by atoms with van der Waals surface area (Å²) in [6.45, 7) is 0. The Balaban J connectivity index is 1.68. The second-order valence-electron chi connectivity index (χ2n) is 5.82. The van der Waals surface area contributed by atoms with Gasteiger partial charge in [-0.2, -0.15) is 5.10 Å². The smallest absolute Gasteiger partial charge is 0.212 e. The molecule has 2 aromatic carbocycles. The molecular formula is C21H20N4O2S. The number of amidine groups is 1. The van der Waals surface area contributed by atoms with Gasteiger partial charge in [0.2, 0.25) is 5.88 Å². The van der Waals surface area contributed by atoms with Crippen molar-refractivity contribution in [2.45, 2.75) is 5.75 Å². The third-order valence-electron chi connectivity index (χ3n) is 3.89. The van der Waals surface area contributed by atoms with Gasteiger partial charge in [0.05, 0.1) is 13.3 Å². The highest BCUT2D eigenvalue weighted by Gasteiger charge is 2.04. The molecule has 0 aliphatic carbocycles. The number of phenolic OH excluding ortho intramolecular Hbond substituents is 1. The summed E-state index contributed by atoms with van der Waals surface area (Å²) in [5.41, 5.74) is 9.38. The summed E-state index contributed by atoms with van der Waals surface area (Å²) in [6.07, 6.45) is 3.19. The minimum absolute atomic E-state index is 0.111. The number of nitrogens with zero attached hydrogens (tertiary/aromatic N) is 3. The van der Waals surface area contributed by atoms with E-state index < -0.39 is 0 Å². The zero-order valence-electron chi connectivity index (χ0n) is 15.3. The maximum Gasteiger partial charge on any atom is 0.212 e. The molecule has 28 heavy (non-hydrogen) atoms. The van der Waals surface area contributed by atoms with Crippen LogP contribution in [0.15, 0.2) is 77.1 Å². The van der Waals surface area contributed by atoms with E-state index in [1.807, 2.05) is 48.5 Å². The molecule has 0 bridgehead atoms. The lowest BCUT2D eigenvalue weighted by molar-refractivity contribution is 0.398. The van der Waals surface area contributed by atoms with Crippen LogP contribution in [0, 0.1) is 0 Å². The molecule has 1 aromatic heterocycles. The Hall–Kier alpha value is -3.32. The standard InChI is InChI=1S/C21H20N4O2S/c1-27-20-10-8-17(12-23-20)16-7-9-19(26)18(11-16)13-24-25-21(22)28-14-15-5-3-2-4-6-15/h2-13,26H,14H2,1H3,(H2,22,25). The van der Waals surface area contributed by atoms with Crippen molar-refractivity contribution in [2.24, 2.45) is 15.9 Å². The van der Waals surface area contributed by atoms with Crippen LogP contribution < -0.4 is 10.5 Å². The lowest BCUT2D eigenvalue weighted by atomic mass is 10.0. The molecule has 142 valence electrons. The van der Waals surface area contributed by atoms with Crippen molar-refractivity contribution in [3.8, 4) is 22.8 Å². The van der Waals surface area contributed by atoms with Crippen LogP contribution in [0.25, 0.3) is 11.1 Å². The Bertz CT molecular complexity index is 973. The predicted octanol–water partition coefficient (Wildman–Crippen LogP) is 4.04. The molecule has 0 saturated heterocycles. The molecule has 0 aliphatic rings. The highest BCUT2D eigenvalue weighted by Crippen LogP contribution is 2.25. The number of methoxy groups -OCH3 is 1. The van der Waals surface area contributed by atoms with Crippen LogP contribution in [0.1, 0.15) is 11.1 Å². The summed E-state index contributed by atoms with van der Waals surface area (Å²) in [5.74, 6) is 1.37. The molecule has 3 rings (SSSR count). The van der Waals surface area contributed by atoms with Crippen molar-refractivity contribution in [1.29, 1.82) is 0 Å². The van der Waals surface area contributed by atoms with E-state index in [4.69, 9.17) is 10.5 Å². The number of aromatic nitrogens is 1. The number of aromatic hydroxyl groups is 1. The fourth-order valence-electron chi connectivity index (χ4n) is 2.42. The minimum atomic E-state index is 0.111. The van der Waals surface area contributed by atoms with Gasteiger partial charge in [0.25, 0.3) is 0 Å². The molecule has 3 N–H and O–H groups in total. The number of pyridine rings is 1. The number of phenols is 1. The van der Waals surface area contributed by atoms with E-state index in [9.17, 15) is 5.11 Å². The SMILES string of the molecule is COc1ccc(-c2ccc(O)c(C=NN=C(N)SCc3ccccc3)c2)cn1. The first-order chi connectivity index (χ1) is 13.7. The Morgan fingerprint density at radius 3 is 2.64 bits per heavy atom. The molecule has 0 unspecified atom stereocenters. The molecule has 0 spiro atoms. The largest absolute Gasteiger partial charge is 0.507 e. The molecule has 1 heterocycles. The highest BCUT2D eigenvalue weighted by atomic mass is 32.2. The van der Waals surface area contributed by atoms with Gasteiger partial charge >= 0.3 is 0 Å². The molecule has 7 heteroatoms. The number of hydrogen-bond donors (Lipinski definition) is 2. The van der Waals surface area contributed by atoms with Gasteiger partial charge in [-0.1, -0.05) is 48.2 Å². The predicted molar refractivity (Wildman–Crippen MR) is 115 cm³/mol. The first-order valence-corrected chi connectivity index (χ1v) is 9.51. The van der Waals surface area contributed by atoms with Crippen molar-refractivity contribution >= 4 is 23.1 Å². The highest BCUT2D eigenvalue weighted by molar-refractivity contribution is 8.13. The van der Waals surface area contributed by atoms with Gasteiger partial charge in [-0.25, -0.2) is 4.98 Å². The first kappa shape index (κ1) is 19.4. The second-order valence-corrected chi connectivity index (χ2v) is 6.82. The number of thioether (sulfide) groups is 1. The molecule has 0 radical (unpaired) electrons. The van der Waals surface area contributed by atoms with Crippen molar-refractivity contribution < 1.29 is 9.84 Å². The zero-order valence-corrected chi connectivity index (χ0v) is 16.1. The Morgan fingerprint density at radius 1 is 1.14 bits per heavy atom. The summed E-state index contributed by atoms with van der Waals surface area (Å²) in [6, 6.07) is 18.9. The molecular weight excluding hydrogens is 372 g/mol. The molecule has 0 fully saturated rings. The Morgan fingerprint density at radius 2 is 1.93 bits per heavy atom. The van der Waals surface area contributed by atoms with Crippen molar-refractivity contribution in [3.05, 3.63) is 78.0 Å². The summed E-state index contributed by atoms with van der Waals surface area (Å²) < 4.78 is 5.07. The minimum Gasteiger partial charge on any atom is -0.507 e. The number of benzene rings is 2. The number of hydrogen-bond acceptors (Lipinski definition) is 6. The maximum atomic E-state index is 10.1. The van der Waals surface area contributed by atoms with E-state index >= 15 is 0 Å². The number of ether oxygens (including phenoxy) is 1. The van der Waals surface area contributed by atoms with Crippen molar-refractivity contribution in [3.63, 3.8) is 0 Å². The average Bonchev–Trinajstić information content (AvgIpc) is 2.74. The van der Waals surface area contributed by atoms with E-state index in [-0.39, 0.29) is 5.75 Å². The monoisotopic (exact) mass is 392 g/mol. The fourth-order valence-corrected chi connectivity index (χ4v) is 3.03. The fraction of sp³-hybridized carbons (Fsp3) is 0.0952. The van der Waals surface area contributed by atoms with E-state index in [0.717, 1.165) is 22.4 Å². The Kier molecular flexibility index (Phi) is 6.64. The molecule has 3 aromatic rings. The Labute approximate surface area is 167 Å². The maximum absolute atomic E-state index is 10.1. The van der Waals surface area contributed by atoms with E-state index in [1.165, 1.54) is 18.0 Å². The molecule has 0 amide bonds. The van der Waals surface area contributed by atoms with Gasteiger partial charge in [0.15, 0.2) is 5.17 Å².